The van der Waals surface area contributed by atoms with Gasteiger partial charge in [-0.15, -0.1) is 0 Å². The lowest BCUT2D eigenvalue weighted by atomic mass is 9.88. The molecule has 100 valence electrons. The number of aryl methyl sites for hydroxylation is 1. The third kappa shape index (κ3) is 2.19. The summed E-state index contributed by atoms with van der Waals surface area (Å²) in [5.74, 6) is 0.657. The molecule has 3 rings (SSSR count). The average molecular weight is 249 g/mol. The molecule has 0 amide bonds. The van der Waals surface area contributed by atoms with E-state index in [1.807, 2.05) is 6.20 Å². The van der Waals surface area contributed by atoms with Crippen molar-refractivity contribution in [3.8, 4) is 0 Å². The fourth-order valence-corrected chi connectivity index (χ4v) is 3.35. The van der Waals surface area contributed by atoms with Crippen molar-refractivity contribution in [1.29, 1.82) is 0 Å². The Kier molecular flexibility index (Phi) is 3.39. The fraction of sp³-hybridized carbons (Fsp3) is 0.786. The molecule has 18 heavy (non-hydrogen) atoms. The van der Waals surface area contributed by atoms with Crippen molar-refractivity contribution in [2.75, 3.05) is 19.8 Å². The minimum atomic E-state index is 0.457. The first-order valence-corrected chi connectivity index (χ1v) is 7.11. The quantitative estimate of drug-likeness (QED) is 0.871. The topological polar surface area (TPSA) is 39.1 Å². The SMILES string of the molecule is Cc1cnn([C@H]2CCOC2)c1[C@H]1CCN[C@H](C)C1. The second-order valence-electron chi connectivity index (χ2n) is 5.75. The second-order valence-corrected chi connectivity index (χ2v) is 5.75. The molecule has 3 atom stereocenters. The summed E-state index contributed by atoms with van der Waals surface area (Å²) in [6, 6.07) is 1.07. The van der Waals surface area contributed by atoms with Gasteiger partial charge < -0.3 is 10.1 Å². The van der Waals surface area contributed by atoms with Gasteiger partial charge in [0.25, 0.3) is 0 Å². The van der Waals surface area contributed by atoms with Gasteiger partial charge in [-0.3, -0.25) is 4.68 Å². The summed E-state index contributed by atoms with van der Waals surface area (Å²) >= 11 is 0. The zero-order valence-corrected chi connectivity index (χ0v) is 11.4. The Hall–Kier alpha value is -0.870. The summed E-state index contributed by atoms with van der Waals surface area (Å²) in [7, 11) is 0. The Labute approximate surface area is 109 Å². The molecule has 1 aromatic rings. The highest BCUT2D eigenvalue weighted by molar-refractivity contribution is 5.22. The molecule has 0 bridgehead atoms. The first kappa shape index (κ1) is 12.2. The minimum Gasteiger partial charge on any atom is -0.379 e. The van der Waals surface area contributed by atoms with Gasteiger partial charge in [0.05, 0.1) is 18.8 Å². The molecule has 1 N–H and O–H groups in total. The summed E-state index contributed by atoms with van der Waals surface area (Å²) in [6.07, 6.45) is 5.58. The zero-order chi connectivity index (χ0) is 12.5. The maximum absolute atomic E-state index is 5.51. The molecule has 0 radical (unpaired) electrons. The van der Waals surface area contributed by atoms with Crippen LogP contribution in [-0.4, -0.2) is 35.6 Å². The van der Waals surface area contributed by atoms with Gasteiger partial charge in [0.1, 0.15) is 0 Å². The number of nitrogens with zero attached hydrogens (tertiary/aromatic N) is 2. The first-order chi connectivity index (χ1) is 8.75. The van der Waals surface area contributed by atoms with Crippen molar-refractivity contribution in [2.24, 2.45) is 0 Å². The second kappa shape index (κ2) is 5.02. The Bertz CT molecular complexity index is 409. The largest absolute Gasteiger partial charge is 0.379 e. The summed E-state index contributed by atoms with van der Waals surface area (Å²) in [4.78, 5) is 0. The molecule has 2 fully saturated rings. The van der Waals surface area contributed by atoms with E-state index >= 15 is 0 Å². The van der Waals surface area contributed by atoms with Crippen LogP contribution in [-0.2, 0) is 4.74 Å². The molecule has 0 aliphatic carbocycles. The van der Waals surface area contributed by atoms with Gasteiger partial charge in [0.15, 0.2) is 0 Å². The molecule has 0 saturated carbocycles. The van der Waals surface area contributed by atoms with Crippen molar-refractivity contribution >= 4 is 0 Å². The van der Waals surface area contributed by atoms with Gasteiger partial charge in [-0.2, -0.15) is 5.10 Å². The molecule has 0 spiro atoms. The Morgan fingerprint density at radius 1 is 1.44 bits per heavy atom. The van der Waals surface area contributed by atoms with Crippen LogP contribution >= 0.6 is 0 Å². The highest BCUT2D eigenvalue weighted by Crippen LogP contribution is 2.33. The molecular formula is C14H23N3O. The van der Waals surface area contributed by atoms with E-state index in [1.54, 1.807) is 0 Å². The number of nitrogens with one attached hydrogen (secondary N) is 1. The van der Waals surface area contributed by atoms with Crippen molar-refractivity contribution in [3.63, 3.8) is 0 Å². The lowest BCUT2D eigenvalue weighted by Crippen LogP contribution is -2.36. The summed E-state index contributed by atoms with van der Waals surface area (Å²) < 4.78 is 7.77. The number of ether oxygens (including phenoxy) is 1. The molecule has 2 saturated heterocycles. The van der Waals surface area contributed by atoms with Crippen molar-refractivity contribution in [2.45, 2.75) is 51.1 Å². The monoisotopic (exact) mass is 249 g/mol. The van der Waals surface area contributed by atoms with E-state index in [9.17, 15) is 0 Å². The molecule has 2 aliphatic heterocycles. The van der Waals surface area contributed by atoms with E-state index in [4.69, 9.17) is 4.74 Å². The van der Waals surface area contributed by atoms with Gasteiger partial charge in [-0.05, 0) is 45.2 Å². The van der Waals surface area contributed by atoms with Crippen LogP contribution in [0, 0.1) is 6.92 Å². The van der Waals surface area contributed by atoms with Gasteiger partial charge >= 0.3 is 0 Å². The smallest absolute Gasteiger partial charge is 0.0777 e. The number of aromatic nitrogens is 2. The van der Waals surface area contributed by atoms with Crippen LogP contribution in [0.4, 0.5) is 0 Å². The normalized spacial score (nSPS) is 32.9. The summed E-state index contributed by atoms with van der Waals surface area (Å²) in [5.41, 5.74) is 2.81. The lowest BCUT2D eigenvalue weighted by molar-refractivity contribution is 0.183. The summed E-state index contributed by atoms with van der Waals surface area (Å²) in [5, 5.41) is 8.14. The molecule has 1 aromatic heterocycles. The van der Waals surface area contributed by atoms with Gasteiger partial charge in [0, 0.05) is 24.3 Å². The van der Waals surface area contributed by atoms with Gasteiger partial charge in [-0.1, -0.05) is 0 Å². The van der Waals surface area contributed by atoms with Crippen LogP contribution in [0.1, 0.15) is 49.4 Å². The van der Waals surface area contributed by atoms with Crippen molar-refractivity contribution in [1.82, 2.24) is 15.1 Å². The van der Waals surface area contributed by atoms with Gasteiger partial charge in [-0.25, -0.2) is 0 Å². The van der Waals surface area contributed by atoms with Crippen LogP contribution < -0.4 is 5.32 Å². The molecule has 3 heterocycles. The third-order valence-corrected chi connectivity index (χ3v) is 4.29. The number of rotatable bonds is 2. The highest BCUT2D eigenvalue weighted by atomic mass is 16.5. The third-order valence-electron chi connectivity index (χ3n) is 4.29. The molecule has 2 aliphatic rings. The van der Waals surface area contributed by atoms with E-state index in [2.05, 4.69) is 28.9 Å². The van der Waals surface area contributed by atoms with Crippen LogP contribution in [0.25, 0.3) is 0 Å². The number of hydrogen-bond acceptors (Lipinski definition) is 3. The highest BCUT2D eigenvalue weighted by Gasteiger charge is 2.28. The molecule has 0 aromatic carbocycles. The maximum atomic E-state index is 5.51. The van der Waals surface area contributed by atoms with Crippen molar-refractivity contribution in [3.05, 3.63) is 17.5 Å². The predicted octanol–water partition coefficient (Wildman–Crippen LogP) is 2.01. The number of piperidine rings is 1. The van der Waals surface area contributed by atoms with E-state index in [0.717, 1.165) is 26.2 Å². The van der Waals surface area contributed by atoms with E-state index in [0.29, 0.717) is 18.0 Å². The predicted molar refractivity (Wildman–Crippen MR) is 70.9 cm³/mol. The Balaban J connectivity index is 1.87. The van der Waals surface area contributed by atoms with Crippen LogP contribution in [0.2, 0.25) is 0 Å². The average Bonchev–Trinajstić information content (AvgIpc) is 2.97. The van der Waals surface area contributed by atoms with E-state index < -0.39 is 0 Å². The number of hydrogen-bond donors (Lipinski definition) is 1. The Morgan fingerprint density at radius 2 is 2.33 bits per heavy atom. The van der Waals surface area contributed by atoms with E-state index in [1.165, 1.54) is 24.1 Å². The fourth-order valence-electron chi connectivity index (χ4n) is 3.35. The lowest BCUT2D eigenvalue weighted by Gasteiger charge is -2.30. The zero-order valence-electron chi connectivity index (χ0n) is 11.4. The molecule has 4 nitrogen and oxygen atoms in total. The minimum absolute atomic E-state index is 0.457. The van der Waals surface area contributed by atoms with Crippen LogP contribution in [0.5, 0.6) is 0 Å². The van der Waals surface area contributed by atoms with Gasteiger partial charge in [0.2, 0.25) is 0 Å². The Morgan fingerprint density at radius 3 is 3.06 bits per heavy atom. The molecule has 4 heteroatoms. The van der Waals surface area contributed by atoms with Crippen molar-refractivity contribution < 1.29 is 4.74 Å². The van der Waals surface area contributed by atoms with E-state index in [-0.39, 0.29) is 0 Å². The first-order valence-electron chi connectivity index (χ1n) is 7.11. The summed E-state index contributed by atoms with van der Waals surface area (Å²) in [6.45, 7) is 7.31. The maximum Gasteiger partial charge on any atom is 0.0777 e. The van der Waals surface area contributed by atoms with Crippen LogP contribution in [0.15, 0.2) is 6.20 Å². The standard InChI is InChI=1S/C14H23N3O/c1-10-8-16-17(13-4-6-18-9-13)14(10)12-3-5-15-11(2)7-12/h8,11-13,15H,3-7,9H2,1-2H3/t11-,12+,13+/m1/s1. The van der Waals surface area contributed by atoms with Crippen LogP contribution in [0.3, 0.4) is 0 Å². The molecular weight excluding hydrogens is 226 g/mol. The molecule has 0 unspecified atom stereocenters.